The van der Waals surface area contributed by atoms with Gasteiger partial charge < -0.3 is 0 Å². The minimum atomic E-state index is -4.52. The maximum Gasteiger partial charge on any atom is 0.416 e. The minimum Gasteiger partial charge on any atom is -0.268 e. The Morgan fingerprint density at radius 3 is 2.30 bits per heavy atom. The zero-order valence-corrected chi connectivity index (χ0v) is 12.7. The summed E-state index contributed by atoms with van der Waals surface area (Å²) in [5, 5.41) is -0.152. The lowest BCUT2D eigenvalue weighted by molar-refractivity contribution is -0.137. The number of amides is 1. The first-order valence-electron chi connectivity index (χ1n) is 6.18. The van der Waals surface area contributed by atoms with E-state index in [-0.39, 0.29) is 21.0 Å². The molecule has 0 atom stereocenters. The van der Waals surface area contributed by atoms with Crippen molar-refractivity contribution in [2.75, 3.05) is 0 Å². The summed E-state index contributed by atoms with van der Waals surface area (Å²) in [6.07, 6.45) is -4.52. The van der Waals surface area contributed by atoms with E-state index in [0.29, 0.717) is 5.56 Å². The zero-order chi connectivity index (χ0) is 17.0. The molecule has 1 N–H and O–H groups in total. The standard InChI is InChI=1S/C14H7ClF3NO3S/c15-11-6-8(14(16,17)18)2-3-9(11)7-1-4-12-10(5-7)13(20)19-23(12,21)22/h1-6H,(H,19,20). The van der Waals surface area contributed by atoms with Crippen LogP contribution in [0.1, 0.15) is 15.9 Å². The summed E-state index contributed by atoms with van der Waals surface area (Å²) < 4.78 is 63.1. The Morgan fingerprint density at radius 1 is 1.00 bits per heavy atom. The van der Waals surface area contributed by atoms with Crippen molar-refractivity contribution < 1.29 is 26.4 Å². The van der Waals surface area contributed by atoms with Crippen molar-refractivity contribution in [1.82, 2.24) is 4.72 Å². The lowest BCUT2D eigenvalue weighted by Gasteiger charge is -2.10. The molecule has 0 unspecified atom stereocenters. The monoisotopic (exact) mass is 361 g/mol. The molecule has 0 aliphatic carbocycles. The third-order valence-electron chi connectivity index (χ3n) is 3.35. The summed E-state index contributed by atoms with van der Waals surface area (Å²) in [5.74, 6) is -0.787. The third kappa shape index (κ3) is 2.68. The number of nitrogens with one attached hydrogen (secondary N) is 1. The number of halogens is 4. The van der Waals surface area contributed by atoms with Gasteiger partial charge in [0.2, 0.25) is 0 Å². The maximum atomic E-state index is 12.6. The van der Waals surface area contributed by atoms with Crippen LogP contribution in [0.2, 0.25) is 5.02 Å². The molecule has 0 aromatic heterocycles. The van der Waals surface area contributed by atoms with Gasteiger partial charge in [-0.25, -0.2) is 13.1 Å². The molecule has 0 radical (unpaired) electrons. The highest BCUT2D eigenvalue weighted by Crippen LogP contribution is 2.37. The van der Waals surface area contributed by atoms with Gasteiger partial charge in [0.05, 0.1) is 11.1 Å². The van der Waals surface area contributed by atoms with Crippen molar-refractivity contribution >= 4 is 27.5 Å². The van der Waals surface area contributed by atoms with E-state index in [0.717, 1.165) is 12.1 Å². The Labute approximate surface area is 133 Å². The van der Waals surface area contributed by atoms with E-state index in [1.807, 2.05) is 4.72 Å². The Kier molecular flexibility index (Phi) is 3.42. The van der Waals surface area contributed by atoms with Gasteiger partial charge in [-0.2, -0.15) is 13.2 Å². The second-order valence-electron chi connectivity index (χ2n) is 4.84. The largest absolute Gasteiger partial charge is 0.416 e. The van der Waals surface area contributed by atoms with Crippen molar-refractivity contribution in [3.05, 3.63) is 52.5 Å². The number of rotatable bonds is 1. The molecular formula is C14H7ClF3NO3S. The van der Waals surface area contributed by atoms with E-state index in [1.54, 1.807) is 0 Å². The zero-order valence-electron chi connectivity index (χ0n) is 11.1. The van der Waals surface area contributed by atoms with Gasteiger partial charge in [-0.1, -0.05) is 23.7 Å². The predicted molar refractivity (Wildman–Crippen MR) is 76.5 cm³/mol. The topological polar surface area (TPSA) is 63.2 Å². The number of fused-ring (bicyclic) bond motifs is 1. The summed E-state index contributed by atoms with van der Waals surface area (Å²) in [5.41, 5.74) is -0.361. The van der Waals surface area contributed by atoms with Crippen LogP contribution in [0, 0.1) is 0 Å². The quantitative estimate of drug-likeness (QED) is 0.846. The molecule has 0 spiro atoms. The Morgan fingerprint density at radius 2 is 1.70 bits per heavy atom. The lowest BCUT2D eigenvalue weighted by Crippen LogP contribution is -2.20. The van der Waals surface area contributed by atoms with Crippen LogP contribution in [0.15, 0.2) is 41.3 Å². The van der Waals surface area contributed by atoms with Crippen LogP contribution in [0.25, 0.3) is 11.1 Å². The molecule has 23 heavy (non-hydrogen) atoms. The minimum absolute atomic E-state index is 0.0709. The van der Waals surface area contributed by atoms with Gasteiger partial charge in [0.25, 0.3) is 15.9 Å². The summed E-state index contributed by atoms with van der Waals surface area (Å²) in [6, 6.07) is 6.70. The van der Waals surface area contributed by atoms with Crippen LogP contribution < -0.4 is 4.72 Å². The summed E-state index contributed by atoms with van der Waals surface area (Å²) in [7, 11) is -3.87. The van der Waals surface area contributed by atoms with E-state index in [4.69, 9.17) is 11.6 Å². The molecule has 120 valence electrons. The molecule has 1 amide bonds. The molecule has 4 nitrogen and oxygen atoms in total. The highest BCUT2D eigenvalue weighted by Gasteiger charge is 2.33. The van der Waals surface area contributed by atoms with Gasteiger partial charge in [0, 0.05) is 10.6 Å². The fourth-order valence-corrected chi connectivity index (χ4v) is 3.71. The third-order valence-corrected chi connectivity index (χ3v) is 5.05. The molecule has 2 aromatic rings. The number of hydrogen-bond donors (Lipinski definition) is 1. The highest BCUT2D eigenvalue weighted by molar-refractivity contribution is 7.90. The van der Waals surface area contributed by atoms with Crippen molar-refractivity contribution in [2.45, 2.75) is 11.1 Å². The number of carbonyl (C=O) groups is 1. The molecule has 2 aromatic carbocycles. The van der Waals surface area contributed by atoms with E-state index in [9.17, 15) is 26.4 Å². The highest BCUT2D eigenvalue weighted by atomic mass is 35.5. The Hall–Kier alpha value is -2.06. The van der Waals surface area contributed by atoms with Crippen LogP contribution in [0.5, 0.6) is 0 Å². The van der Waals surface area contributed by atoms with Crippen LogP contribution >= 0.6 is 11.6 Å². The number of carbonyl (C=O) groups excluding carboxylic acids is 1. The number of sulfonamides is 1. The maximum absolute atomic E-state index is 12.6. The second-order valence-corrected chi connectivity index (χ2v) is 6.90. The Balaban J connectivity index is 2.11. The predicted octanol–water partition coefficient (Wildman–Crippen LogP) is 3.46. The van der Waals surface area contributed by atoms with E-state index in [2.05, 4.69) is 0 Å². The average molecular weight is 362 g/mol. The van der Waals surface area contributed by atoms with Crippen LogP contribution in [-0.2, 0) is 16.2 Å². The number of benzene rings is 2. The molecule has 1 aliphatic rings. The average Bonchev–Trinajstić information content (AvgIpc) is 2.67. The molecule has 9 heteroatoms. The van der Waals surface area contributed by atoms with Gasteiger partial charge in [-0.15, -0.1) is 0 Å². The van der Waals surface area contributed by atoms with Gasteiger partial charge in [-0.3, -0.25) is 4.79 Å². The molecule has 0 saturated heterocycles. The van der Waals surface area contributed by atoms with Gasteiger partial charge in [-0.05, 0) is 29.8 Å². The van der Waals surface area contributed by atoms with E-state index in [1.165, 1.54) is 24.3 Å². The second kappa shape index (κ2) is 4.97. The fourth-order valence-electron chi connectivity index (χ4n) is 2.27. The van der Waals surface area contributed by atoms with Crippen LogP contribution in [-0.4, -0.2) is 14.3 Å². The Bertz CT molecular complexity index is 939. The molecule has 3 rings (SSSR count). The van der Waals surface area contributed by atoms with E-state index >= 15 is 0 Å². The van der Waals surface area contributed by atoms with E-state index < -0.39 is 27.7 Å². The first kappa shape index (κ1) is 15.8. The summed E-state index contributed by atoms with van der Waals surface area (Å²) in [4.78, 5) is 11.5. The molecule has 0 bridgehead atoms. The fraction of sp³-hybridized carbons (Fsp3) is 0.0714. The lowest BCUT2D eigenvalue weighted by atomic mass is 10.0. The van der Waals surface area contributed by atoms with Gasteiger partial charge in [0.15, 0.2) is 0 Å². The van der Waals surface area contributed by atoms with Crippen molar-refractivity contribution in [3.8, 4) is 11.1 Å². The van der Waals surface area contributed by atoms with Crippen molar-refractivity contribution in [3.63, 3.8) is 0 Å². The summed E-state index contributed by atoms with van der Waals surface area (Å²) >= 11 is 5.89. The van der Waals surface area contributed by atoms with Crippen molar-refractivity contribution in [1.29, 1.82) is 0 Å². The van der Waals surface area contributed by atoms with Crippen molar-refractivity contribution in [2.24, 2.45) is 0 Å². The molecule has 0 saturated carbocycles. The number of alkyl halides is 3. The summed E-state index contributed by atoms with van der Waals surface area (Å²) in [6.45, 7) is 0. The first-order chi connectivity index (χ1) is 10.6. The molecule has 1 heterocycles. The molecule has 1 aliphatic heterocycles. The normalized spacial score (nSPS) is 16.1. The number of hydrogen-bond acceptors (Lipinski definition) is 3. The van der Waals surface area contributed by atoms with Gasteiger partial charge in [0.1, 0.15) is 4.90 Å². The van der Waals surface area contributed by atoms with Crippen LogP contribution in [0.3, 0.4) is 0 Å². The molecular weight excluding hydrogens is 355 g/mol. The molecule has 0 fully saturated rings. The first-order valence-corrected chi connectivity index (χ1v) is 8.04. The SMILES string of the molecule is O=C1NS(=O)(=O)c2ccc(-c3ccc(C(F)(F)F)cc3Cl)cc21. The smallest absolute Gasteiger partial charge is 0.268 e. The van der Waals surface area contributed by atoms with Crippen LogP contribution in [0.4, 0.5) is 13.2 Å². The van der Waals surface area contributed by atoms with Gasteiger partial charge >= 0.3 is 6.18 Å².